The molecule has 0 spiro atoms. The van der Waals surface area contributed by atoms with Gasteiger partial charge in [-0.3, -0.25) is 0 Å². The van der Waals surface area contributed by atoms with E-state index in [1.807, 2.05) is 54.9 Å². The molecule has 0 atom stereocenters. The van der Waals surface area contributed by atoms with E-state index in [0.717, 1.165) is 22.2 Å². The molecule has 1 heterocycles. The number of hydrogen-bond acceptors (Lipinski definition) is 3. The molecule has 2 aromatic carbocycles. The Labute approximate surface area is 141 Å². The average Bonchev–Trinajstić information content (AvgIpc) is 2.96. The highest BCUT2D eigenvalue weighted by Gasteiger charge is 2.15. The van der Waals surface area contributed by atoms with Crippen LogP contribution in [0.1, 0.15) is 21.5 Å². The zero-order chi connectivity index (χ0) is 17.1. The summed E-state index contributed by atoms with van der Waals surface area (Å²) in [7, 11) is 1.40. The number of esters is 1. The van der Waals surface area contributed by atoms with Crippen molar-refractivity contribution in [3.63, 3.8) is 0 Å². The van der Waals surface area contributed by atoms with E-state index in [4.69, 9.17) is 9.47 Å². The highest BCUT2D eigenvalue weighted by Crippen LogP contribution is 2.23. The second kappa shape index (κ2) is 6.79. The smallest absolute Gasteiger partial charge is 0.340 e. The zero-order valence-electron chi connectivity index (χ0n) is 14.2. The summed E-state index contributed by atoms with van der Waals surface area (Å²) in [5.74, 6) is 0.583. The van der Waals surface area contributed by atoms with Gasteiger partial charge in [0.2, 0.25) is 0 Å². The summed E-state index contributed by atoms with van der Waals surface area (Å²) in [6, 6.07) is 14.0. The number of para-hydroxylation sites is 1. The number of nitrogens with zero attached hydrogens (tertiary/aromatic N) is 1. The minimum absolute atomic E-state index is 0.319. The molecule has 3 rings (SSSR count). The first kappa shape index (κ1) is 16.1. The molecule has 0 bridgehead atoms. The van der Waals surface area contributed by atoms with E-state index in [0.29, 0.717) is 18.7 Å². The van der Waals surface area contributed by atoms with E-state index in [9.17, 15) is 4.79 Å². The molecule has 1 aromatic heterocycles. The third-order valence-electron chi connectivity index (χ3n) is 4.13. The molecule has 0 unspecified atom stereocenters. The van der Waals surface area contributed by atoms with E-state index in [2.05, 4.69) is 12.1 Å². The lowest BCUT2D eigenvalue weighted by atomic mass is 10.1. The predicted molar refractivity (Wildman–Crippen MR) is 94.7 cm³/mol. The largest absolute Gasteiger partial charge is 0.491 e. The predicted octanol–water partition coefficient (Wildman–Crippen LogP) is 4.12. The van der Waals surface area contributed by atoms with E-state index in [1.54, 1.807) is 0 Å². The van der Waals surface area contributed by atoms with Crippen LogP contribution in [-0.2, 0) is 11.3 Å². The molecule has 0 aliphatic carbocycles. The molecule has 0 N–H and O–H groups in total. The van der Waals surface area contributed by atoms with Crippen LogP contribution in [0, 0.1) is 13.8 Å². The van der Waals surface area contributed by atoms with E-state index in [1.165, 1.54) is 12.7 Å². The van der Waals surface area contributed by atoms with Gasteiger partial charge in [-0.25, -0.2) is 4.79 Å². The molecular formula is C20H21NO3. The van der Waals surface area contributed by atoms with Crippen LogP contribution in [0.2, 0.25) is 0 Å². The van der Waals surface area contributed by atoms with Crippen molar-refractivity contribution >= 4 is 16.9 Å². The third-order valence-corrected chi connectivity index (χ3v) is 4.13. The second-order valence-corrected chi connectivity index (χ2v) is 5.86. The van der Waals surface area contributed by atoms with Crippen LogP contribution in [0.25, 0.3) is 10.9 Å². The first-order chi connectivity index (χ1) is 11.6. The summed E-state index contributed by atoms with van der Waals surface area (Å²) in [5.41, 5.74) is 3.88. The Morgan fingerprint density at radius 2 is 1.92 bits per heavy atom. The number of methoxy groups -OCH3 is 1. The Bertz CT molecular complexity index is 880. The number of ether oxygens (including phenoxy) is 2. The molecular weight excluding hydrogens is 302 g/mol. The summed E-state index contributed by atoms with van der Waals surface area (Å²) in [5, 5.41) is 0.899. The first-order valence-corrected chi connectivity index (χ1v) is 7.96. The van der Waals surface area contributed by atoms with Gasteiger partial charge in [0.15, 0.2) is 0 Å². The molecule has 0 aliphatic heterocycles. The van der Waals surface area contributed by atoms with Crippen molar-refractivity contribution in [3.8, 4) is 5.75 Å². The first-order valence-electron chi connectivity index (χ1n) is 7.96. The van der Waals surface area contributed by atoms with Crippen LogP contribution >= 0.6 is 0 Å². The van der Waals surface area contributed by atoms with Gasteiger partial charge in [-0.05, 0) is 37.1 Å². The number of fused-ring (bicyclic) bond motifs is 1. The van der Waals surface area contributed by atoms with Crippen LogP contribution in [0.15, 0.2) is 48.7 Å². The Morgan fingerprint density at radius 1 is 1.12 bits per heavy atom. The Balaban J connectivity index is 1.80. The van der Waals surface area contributed by atoms with E-state index in [-0.39, 0.29) is 5.97 Å². The van der Waals surface area contributed by atoms with Crippen molar-refractivity contribution in [2.75, 3.05) is 13.7 Å². The molecule has 24 heavy (non-hydrogen) atoms. The highest BCUT2D eigenvalue weighted by molar-refractivity contribution is 6.04. The highest BCUT2D eigenvalue weighted by atomic mass is 16.5. The lowest BCUT2D eigenvalue weighted by molar-refractivity contribution is 0.0602. The lowest BCUT2D eigenvalue weighted by Gasteiger charge is -2.11. The number of aromatic nitrogens is 1. The molecule has 4 nitrogen and oxygen atoms in total. The van der Waals surface area contributed by atoms with Gasteiger partial charge in [0.05, 0.1) is 19.2 Å². The van der Waals surface area contributed by atoms with Crippen LogP contribution in [-0.4, -0.2) is 24.3 Å². The molecule has 0 saturated carbocycles. The normalized spacial score (nSPS) is 10.8. The maximum Gasteiger partial charge on any atom is 0.340 e. The van der Waals surface area contributed by atoms with Crippen molar-refractivity contribution in [1.82, 2.24) is 4.57 Å². The fourth-order valence-corrected chi connectivity index (χ4v) is 2.82. The number of hydrogen-bond donors (Lipinski definition) is 0. The van der Waals surface area contributed by atoms with Crippen molar-refractivity contribution in [2.24, 2.45) is 0 Å². The average molecular weight is 323 g/mol. The molecule has 124 valence electrons. The Kier molecular flexibility index (Phi) is 4.56. The Hall–Kier alpha value is -2.75. The number of benzene rings is 2. The third kappa shape index (κ3) is 3.13. The summed E-state index contributed by atoms with van der Waals surface area (Å²) in [4.78, 5) is 12.0. The van der Waals surface area contributed by atoms with Gasteiger partial charge in [-0.15, -0.1) is 0 Å². The summed E-state index contributed by atoms with van der Waals surface area (Å²) in [6.07, 6.45) is 1.84. The van der Waals surface area contributed by atoms with Crippen molar-refractivity contribution in [2.45, 2.75) is 20.4 Å². The minimum atomic E-state index is -0.319. The van der Waals surface area contributed by atoms with E-state index >= 15 is 0 Å². The van der Waals surface area contributed by atoms with Crippen molar-refractivity contribution < 1.29 is 14.3 Å². The maximum absolute atomic E-state index is 12.0. The molecule has 0 radical (unpaired) electrons. The van der Waals surface area contributed by atoms with Crippen LogP contribution < -0.4 is 4.74 Å². The van der Waals surface area contributed by atoms with Gasteiger partial charge < -0.3 is 14.0 Å². The van der Waals surface area contributed by atoms with Gasteiger partial charge in [0.25, 0.3) is 0 Å². The second-order valence-electron chi connectivity index (χ2n) is 5.86. The van der Waals surface area contributed by atoms with Crippen LogP contribution in [0.5, 0.6) is 5.75 Å². The molecule has 0 amide bonds. The number of carbonyl (C=O) groups is 1. The SMILES string of the molecule is COC(=O)c1cn(CCOc2cc(C)ccc2C)c2ccccc12. The van der Waals surface area contributed by atoms with Crippen molar-refractivity contribution in [1.29, 1.82) is 0 Å². The zero-order valence-corrected chi connectivity index (χ0v) is 14.2. The maximum atomic E-state index is 12.0. The van der Waals surface area contributed by atoms with Gasteiger partial charge in [0, 0.05) is 17.1 Å². The van der Waals surface area contributed by atoms with Gasteiger partial charge in [0.1, 0.15) is 12.4 Å². The molecule has 4 heteroatoms. The fraction of sp³-hybridized carbons (Fsp3) is 0.250. The van der Waals surface area contributed by atoms with Gasteiger partial charge in [-0.2, -0.15) is 0 Å². The van der Waals surface area contributed by atoms with E-state index < -0.39 is 0 Å². The van der Waals surface area contributed by atoms with Crippen LogP contribution in [0.3, 0.4) is 0 Å². The minimum Gasteiger partial charge on any atom is -0.491 e. The summed E-state index contributed by atoms with van der Waals surface area (Å²) < 4.78 is 12.8. The quantitative estimate of drug-likeness (QED) is 0.663. The monoisotopic (exact) mass is 323 g/mol. The molecule has 3 aromatic rings. The fourth-order valence-electron chi connectivity index (χ4n) is 2.82. The van der Waals surface area contributed by atoms with Crippen LogP contribution in [0.4, 0.5) is 0 Å². The number of aryl methyl sites for hydroxylation is 2. The Morgan fingerprint density at radius 3 is 2.71 bits per heavy atom. The topological polar surface area (TPSA) is 40.5 Å². The number of rotatable bonds is 5. The van der Waals surface area contributed by atoms with Gasteiger partial charge >= 0.3 is 5.97 Å². The molecule has 0 fully saturated rings. The summed E-state index contributed by atoms with van der Waals surface area (Å²) >= 11 is 0. The van der Waals surface area contributed by atoms with Gasteiger partial charge in [-0.1, -0.05) is 30.3 Å². The summed E-state index contributed by atoms with van der Waals surface area (Å²) in [6.45, 7) is 5.28. The molecule has 0 aliphatic rings. The molecule has 0 saturated heterocycles. The number of carbonyl (C=O) groups excluding carboxylic acids is 1. The van der Waals surface area contributed by atoms with Crippen molar-refractivity contribution in [3.05, 3.63) is 65.4 Å². The standard InChI is InChI=1S/C20H21NO3/c1-14-8-9-15(2)19(12-14)24-11-10-21-13-17(20(22)23-3)16-6-4-5-7-18(16)21/h4-9,12-13H,10-11H2,1-3H3. The lowest BCUT2D eigenvalue weighted by Crippen LogP contribution is -2.08.